The van der Waals surface area contributed by atoms with E-state index < -0.39 is 0 Å². The zero-order valence-electron chi connectivity index (χ0n) is 8.87. The average Bonchev–Trinajstić information content (AvgIpc) is 2.71. The van der Waals surface area contributed by atoms with Crippen molar-refractivity contribution in [1.29, 1.82) is 0 Å². The van der Waals surface area contributed by atoms with Gasteiger partial charge in [-0.1, -0.05) is 6.92 Å². The summed E-state index contributed by atoms with van der Waals surface area (Å²) in [6, 6.07) is 2.05. The van der Waals surface area contributed by atoms with Gasteiger partial charge in [0.2, 0.25) is 0 Å². The number of nitrogens with zero attached hydrogens (tertiary/aromatic N) is 1. The van der Waals surface area contributed by atoms with Crippen molar-refractivity contribution in [2.24, 2.45) is 5.92 Å². The number of carbonyl (C=O) groups excluding carboxylic acids is 1. The Morgan fingerprint density at radius 2 is 2.33 bits per heavy atom. The van der Waals surface area contributed by atoms with Crippen LogP contribution < -0.4 is 0 Å². The predicted molar refractivity (Wildman–Crippen MR) is 60.7 cm³/mol. The van der Waals surface area contributed by atoms with Crippen LogP contribution in [0.1, 0.15) is 30.6 Å². The molecule has 1 amide bonds. The largest absolute Gasteiger partial charge is 0.457 e. The molecule has 1 aromatic rings. The van der Waals surface area contributed by atoms with Crippen LogP contribution in [-0.4, -0.2) is 23.4 Å². The number of hydrogen-bond acceptors (Lipinski definition) is 2. The Bertz CT molecular complexity index is 374. The molecule has 1 saturated heterocycles. The minimum atomic E-state index is 0.0706. The van der Waals surface area contributed by atoms with E-state index in [9.17, 15) is 4.79 Å². The quantitative estimate of drug-likeness (QED) is 0.787. The highest BCUT2D eigenvalue weighted by Crippen LogP contribution is 2.25. The second-order valence-corrected chi connectivity index (χ2v) is 5.07. The zero-order valence-corrected chi connectivity index (χ0v) is 10.5. The lowest BCUT2D eigenvalue weighted by Crippen LogP contribution is -2.33. The molecular weight excluding hydrogens is 258 g/mol. The fourth-order valence-corrected chi connectivity index (χ4v) is 2.51. The summed E-state index contributed by atoms with van der Waals surface area (Å²) in [5.74, 6) is 0.667. The van der Waals surface area contributed by atoms with Crippen molar-refractivity contribution in [3.05, 3.63) is 22.6 Å². The zero-order chi connectivity index (χ0) is 11.0. The van der Waals surface area contributed by atoms with Gasteiger partial charge in [-0.15, -0.1) is 0 Å². The molecule has 1 aromatic heterocycles. The van der Waals surface area contributed by atoms with Gasteiger partial charge >= 0.3 is 0 Å². The number of likely N-dealkylation sites (tertiary alicyclic amines) is 1. The van der Waals surface area contributed by atoms with Crippen molar-refractivity contribution in [3.8, 4) is 0 Å². The number of rotatable bonds is 1. The molecule has 0 bridgehead atoms. The minimum absolute atomic E-state index is 0.0706. The maximum atomic E-state index is 12.1. The van der Waals surface area contributed by atoms with Gasteiger partial charge < -0.3 is 9.32 Å². The fourth-order valence-electron chi connectivity index (χ4n) is 2.17. The van der Waals surface area contributed by atoms with Crippen LogP contribution in [0.25, 0.3) is 0 Å². The van der Waals surface area contributed by atoms with Crippen LogP contribution in [0, 0.1) is 5.92 Å². The highest BCUT2D eigenvalue weighted by atomic mass is 79.9. The predicted octanol–water partition coefficient (Wildman–Crippen LogP) is 2.91. The van der Waals surface area contributed by atoms with E-state index in [2.05, 4.69) is 29.8 Å². The van der Waals surface area contributed by atoms with E-state index in [1.807, 2.05) is 4.90 Å². The first kappa shape index (κ1) is 10.7. The van der Waals surface area contributed by atoms with Gasteiger partial charge in [0.15, 0.2) is 4.67 Å². The van der Waals surface area contributed by atoms with Crippen LogP contribution in [-0.2, 0) is 0 Å². The number of halogens is 1. The monoisotopic (exact) mass is 271 g/mol. The minimum Gasteiger partial charge on any atom is -0.457 e. The summed E-state index contributed by atoms with van der Waals surface area (Å²) in [4.78, 5) is 14.0. The molecule has 3 nitrogen and oxygen atoms in total. The van der Waals surface area contributed by atoms with Crippen molar-refractivity contribution in [2.75, 3.05) is 6.54 Å². The third kappa shape index (κ3) is 2.09. The van der Waals surface area contributed by atoms with E-state index in [1.165, 1.54) is 6.26 Å². The molecule has 2 unspecified atom stereocenters. The number of carbonyl (C=O) groups is 1. The third-order valence-electron chi connectivity index (χ3n) is 2.86. The second kappa shape index (κ2) is 4.00. The molecule has 2 heterocycles. The molecule has 0 radical (unpaired) electrons. The summed E-state index contributed by atoms with van der Waals surface area (Å²) in [6.45, 7) is 5.12. The molecule has 1 aliphatic heterocycles. The number of amides is 1. The SMILES string of the molecule is CC1CC(C)N(C(=O)c2coc(Br)c2)C1. The topological polar surface area (TPSA) is 33.5 Å². The van der Waals surface area contributed by atoms with E-state index >= 15 is 0 Å². The van der Waals surface area contributed by atoms with E-state index in [4.69, 9.17) is 4.42 Å². The molecular formula is C11H14BrNO2. The first-order valence-electron chi connectivity index (χ1n) is 5.13. The Labute approximate surface area is 97.6 Å². The van der Waals surface area contributed by atoms with Gasteiger partial charge in [-0.25, -0.2) is 0 Å². The summed E-state index contributed by atoms with van der Waals surface area (Å²) >= 11 is 3.20. The van der Waals surface area contributed by atoms with Gasteiger partial charge in [-0.2, -0.15) is 0 Å². The first-order chi connectivity index (χ1) is 7.08. The Hall–Kier alpha value is -0.770. The molecule has 0 spiro atoms. The smallest absolute Gasteiger partial charge is 0.257 e. The molecule has 0 aromatic carbocycles. The summed E-state index contributed by atoms with van der Waals surface area (Å²) in [6.07, 6.45) is 2.59. The molecule has 0 N–H and O–H groups in total. The summed E-state index contributed by atoms with van der Waals surface area (Å²) in [5.41, 5.74) is 0.628. The molecule has 1 aliphatic rings. The highest BCUT2D eigenvalue weighted by molar-refractivity contribution is 9.10. The molecule has 15 heavy (non-hydrogen) atoms. The van der Waals surface area contributed by atoms with Crippen LogP contribution in [0.2, 0.25) is 0 Å². The van der Waals surface area contributed by atoms with Crippen LogP contribution in [0.3, 0.4) is 0 Å². The Morgan fingerprint density at radius 1 is 1.60 bits per heavy atom. The van der Waals surface area contributed by atoms with Crippen LogP contribution in [0.5, 0.6) is 0 Å². The summed E-state index contributed by atoms with van der Waals surface area (Å²) in [5, 5.41) is 0. The van der Waals surface area contributed by atoms with Crippen LogP contribution in [0.4, 0.5) is 0 Å². The summed E-state index contributed by atoms with van der Waals surface area (Å²) < 4.78 is 5.68. The van der Waals surface area contributed by atoms with E-state index in [0.717, 1.165) is 13.0 Å². The van der Waals surface area contributed by atoms with E-state index in [-0.39, 0.29) is 5.91 Å². The lowest BCUT2D eigenvalue weighted by atomic mass is 10.1. The average molecular weight is 272 g/mol. The Balaban J connectivity index is 2.15. The highest BCUT2D eigenvalue weighted by Gasteiger charge is 2.30. The fraction of sp³-hybridized carbons (Fsp3) is 0.545. The van der Waals surface area contributed by atoms with Crippen molar-refractivity contribution < 1.29 is 9.21 Å². The number of hydrogen-bond donors (Lipinski definition) is 0. The Morgan fingerprint density at radius 3 is 2.80 bits per heavy atom. The van der Waals surface area contributed by atoms with E-state index in [1.54, 1.807) is 6.07 Å². The summed E-state index contributed by atoms with van der Waals surface area (Å²) in [7, 11) is 0. The lowest BCUT2D eigenvalue weighted by Gasteiger charge is -2.20. The maximum absolute atomic E-state index is 12.1. The van der Waals surface area contributed by atoms with Crippen LogP contribution in [0.15, 0.2) is 21.4 Å². The van der Waals surface area contributed by atoms with E-state index in [0.29, 0.717) is 22.2 Å². The number of furan rings is 1. The van der Waals surface area contributed by atoms with Crippen LogP contribution >= 0.6 is 15.9 Å². The molecule has 2 atom stereocenters. The van der Waals surface area contributed by atoms with Gasteiger partial charge in [0.1, 0.15) is 6.26 Å². The standard InChI is InChI=1S/C11H14BrNO2/c1-7-3-8(2)13(5-7)11(14)9-4-10(12)15-6-9/h4,6-8H,3,5H2,1-2H3. The third-order valence-corrected chi connectivity index (χ3v) is 3.28. The second-order valence-electron chi connectivity index (χ2n) is 4.29. The molecule has 82 valence electrons. The Kier molecular flexibility index (Phi) is 2.87. The maximum Gasteiger partial charge on any atom is 0.257 e. The lowest BCUT2D eigenvalue weighted by molar-refractivity contribution is 0.0743. The van der Waals surface area contributed by atoms with Gasteiger partial charge in [0.25, 0.3) is 5.91 Å². The van der Waals surface area contributed by atoms with Crippen molar-refractivity contribution in [2.45, 2.75) is 26.3 Å². The molecule has 1 fully saturated rings. The molecule has 2 rings (SSSR count). The normalized spacial score (nSPS) is 25.9. The first-order valence-corrected chi connectivity index (χ1v) is 5.92. The van der Waals surface area contributed by atoms with Gasteiger partial charge in [-0.3, -0.25) is 4.79 Å². The molecule has 0 aliphatic carbocycles. The van der Waals surface area contributed by atoms with Gasteiger partial charge in [0.05, 0.1) is 5.56 Å². The van der Waals surface area contributed by atoms with Crippen molar-refractivity contribution in [3.63, 3.8) is 0 Å². The van der Waals surface area contributed by atoms with Gasteiger partial charge in [-0.05, 0) is 35.2 Å². The molecule has 4 heteroatoms. The van der Waals surface area contributed by atoms with Crippen molar-refractivity contribution >= 4 is 21.8 Å². The molecule has 0 saturated carbocycles. The van der Waals surface area contributed by atoms with Crippen molar-refractivity contribution in [1.82, 2.24) is 4.90 Å². The van der Waals surface area contributed by atoms with Gasteiger partial charge in [0, 0.05) is 18.7 Å².